The van der Waals surface area contributed by atoms with E-state index in [0.717, 1.165) is 5.56 Å². The monoisotopic (exact) mass is 292 g/mol. The fraction of sp³-hybridized carbons (Fsp3) is 0.500. The lowest BCUT2D eigenvalue weighted by Crippen LogP contribution is -2.51. The summed E-state index contributed by atoms with van der Waals surface area (Å²) < 4.78 is 0. The molecule has 1 rings (SSSR count). The van der Waals surface area contributed by atoms with Crippen LogP contribution < -0.4 is 5.32 Å². The number of carboxylic acids is 1. The minimum absolute atomic E-state index is 0.155. The highest BCUT2D eigenvalue weighted by molar-refractivity contribution is 5.86. The second-order valence-corrected chi connectivity index (χ2v) is 5.65. The molecule has 2 atom stereocenters. The molecular formula is C16H24N2O3. The van der Waals surface area contributed by atoms with Gasteiger partial charge < -0.3 is 10.4 Å². The number of amides is 1. The molecule has 0 heterocycles. The summed E-state index contributed by atoms with van der Waals surface area (Å²) in [4.78, 5) is 25.2. The van der Waals surface area contributed by atoms with Crippen molar-refractivity contribution >= 4 is 11.9 Å². The maximum atomic E-state index is 12.2. The van der Waals surface area contributed by atoms with Gasteiger partial charge in [0.05, 0.1) is 6.04 Å². The highest BCUT2D eigenvalue weighted by Crippen LogP contribution is 2.08. The summed E-state index contributed by atoms with van der Waals surface area (Å²) in [6.45, 7) is 5.96. The molecule has 1 amide bonds. The number of nitrogens with one attached hydrogen (secondary N) is 1. The fourth-order valence-electron chi connectivity index (χ4n) is 2.00. The zero-order valence-corrected chi connectivity index (χ0v) is 13.0. The molecule has 1 unspecified atom stereocenters. The number of carbonyl (C=O) groups excluding carboxylic acids is 1. The first-order chi connectivity index (χ1) is 9.82. The zero-order chi connectivity index (χ0) is 16.0. The summed E-state index contributed by atoms with van der Waals surface area (Å²) in [5, 5.41) is 11.7. The lowest BCUT2D eigenvalue weighted by atomic mass is 10.0. The molecule has 2 N–H and O–H groups in total. The van der Waals surface area contributed by atoms with Gasteiger partial charge in [0.1, 0.15) is 6.04 Å². The van der Waals surface area contributed by atoms with Gasteiger partial charge in [-0.25, -0.2) is 4.79 Å². The summed E-state index contributed by atoms with van der Waals surface area (Å²) >= 11 is 0. The summed E-state index contributed by atoms with van der Waals surface area (Å²) in [5.41, 5.74) is 1.11. The highest BCUT2D eigenvalue weighted by Gasteiger charge is 2.27. The van der Waals surface area contributed by atoms with Gasteiger partial charge in [0.25, 0.3) is 0 Å². The Hall–Kier alpha value is -1.88. The van der Waals surface area contributed by atoms with E-state index in [1.54, 1.807) is 20.8 Å². The number of benzene rings is 1. The van der Waals surface area contributed by atoms with E-state index in [1.165, 1.54) is 0 Å². The molecule has 0 aromatic heterocycles. The van der Waals surface area contributed by atoms with Gasteiger partial charge in [0.15, 0.2) is 0 Å². The minimum atomic E-state index is -1.00. The molecule has 0 aliphatic heterocycles. The van der Waals surface area contributed by atoms with Crippen LogP contribution in [-0.4, -0.2) is 41.0 Å². The first-order valence-electron chi connectivity index (χ1n) is 7.10. The van der Waals surface area contributed by atoms with E-state index in [1.807, 2.05) is 42.3 Å². The van der Waals surface area contributed by atoms with E-state index in [-0.39, 0.29) is 11.8 Å². The Morgan fingerprint density at radius 1 is 1.19 bits per heavy atom. The quantitative estimate of drug-likeness (QED) is 0.803. The van der Waals surface area contributed by atoms with Gasteiger partial charge in [-0.1, -0.05) is 44.2 Å². The van der Waals surface area contributed by atoms with Gasteiger partial charge in [0.2, 0.25) is 5.91 Å². The van der Waals surface area contributed by atoms with Crippen LogP contribution in [0.15, 0.2) is 30.3 Å². The van der Waals surface area contributed by atoms with Crippen molar-refractivity contribution in [2.24, 2.45) is 5.92 Å². The third-order valence-corrected chi connectivity index (χ3v) is 3.55. The number of hydrogen-bond donors (Lipinski definition) is 2. The van der Waals surface area contributed by atoms with Gasteiger partial charge in [-0.15, -0.1) is 0 Å². The van der Waals surface area contributed by atoms with Crippen LogP contribution in [0.2, 0.25) is 0 Å². The molecule has 21 heavy (non-hydrogen) atoms. The molecule has 0 aliphatic rings. The first kappa shape index (κ1) is 17.2. The molecule has 0 fully saturated rings. The Balaban J connectivity index is 2.62. The summed E-state index contributed by atoms with van der Waals surface area (Å²) in [6, 6.07) is 8.58. The van der Waals surface area contributed by atoms with Crippen LogP contribution in [0.4, 0.5) is 0 Å². The van der Waals surface area contributed by atoms with Gasteiger partial charge in [-0.05, 0) is 25.5 Å². The molecule has 0 aliphatic carbocycles. The van der Waals surface area contributed by atoms with Crippen molar-refractivity contribution in [1.29, 1.82) is 0 Å². The molecule has 1 aromatic rings. The van der Waals surface area contributed by atoms with Crippen LogP contribution in [0.1, 0.15) is 26.3 Å². The predicted molar refractivity (Wildman–Crippen MR) is 81.8 cm³/mol. The average molecular weight is 292 g/mol. The molecule has 0 radical (unpaired) electrons. The van der Waals surface area contributed by atoms with Gasteiger partial charge in [0, 0.05) is 6.54 Å². The fourth-order valence-corrected chi connectivity index (χ4v) is 2.00. The lowest BCUT2D eigenvalue weighted by molar-refractivity contribution is -0.143. The highest BCUT2D eigenvalue weighted by atomic mass is 16.4. The van der Waals surface area contributed by atoms with E-state index in [4.69, 9.17) is 5.11 Å². The lowest BCUT2D eigenvalue weighted by Gasteiger charge is -2.26. The van der Waals surface area contributed by atoms with E-state index in [2.05, 4.69) is 5.32 Å². The zero-order valence-electron chi connectivity index (χ0n) is 13.0. The molecule has 0 saturated heterocycles. The third-order valence-electron chi connectivity index (χ3n) is 3.55. The molecule has 5 nitrogen and oxygen atoms in total. The Morgan fingerprint density at radius 2 is 1.76 bits per heavy atom. The van der Waals surface area contributed by atoms with Crippen molar-refractivity contribution in [3.05, 3.63) is 35.9 Å². The van der Waals surface area contributed by atoms with Crippen molar-refractivity contribution in [1.82, 2.24) is 10.2 Å². The molecule has 116 valence electrons. The van der Waals surface area contributed by atoms with E-state index >= 15 is 0 Å². The number of carboxylic acid groups (broad SMARTS) is 1. The number of likely N-dealkylation sites (N-methyl/N-ethyl adjacent to an activating group) is 1. The molecule has 0 saturated carbocycles. The minimum Gasteiger partial charge on any atom is -0.480 e. The second-order valence-electron chi connectivity index (χ2n) is 5.65. The number of rotatable bonds is 7. The topological polar surface area (TPSA) is 69.6 Å². The van der Waals surface area contributed by atoms with E-state index < -0.39 is 18.1 Å². The number of aliphatic carboxylic acids is 1. The van der Waals surface area contributed by atoms with Crippen molar-refractivity contribution < 1.29 is 14.7 Å². The number of carbonyl (C=O) groups is 2. The van der Waals surface area contributed by atoms with Crippen molar-refractivity contribution in [3.8, 4) is 0 Å². The first-order valence-corrected chi connectivity index (χ1v) is 7.10. The van der Waals surface area contributed by atoms with Crippen molar-refractivity contribution in [2.45, 2.75) is 39.4 Å². The molecule has 0 bridgehead atoms. The van der Waals surface area contributed by atoms with Crippen LogP contribution in [0.25, 0.3) is 0 Å². The maximum Gasteiger partial charge on any atom is 0.326 e. The molecular weight excluding hydrogens is 268 g/mol. The largest absolute Gasteiger partial charge is 0.480 e. The van der Waals surface area contributed by atoms with Crippen LogP contribution in [0.5, 0.6) is 0 Å². The summed E-state index contributed by atoms with van der Waals surface area (Å²) in [6.07, 6.45) is 0. The number of hydrogen-bond acceptors (Lipinski definition) is 3. The maximum absolute atomic E-state index is 12.2. The van der Waals surface area contributed by atoms with Crippen molar-refractivity contribution in [3.63, 3.8) is 0 Å². The normalized spacial score (nSPS) is 14.0. The second kappa shape index (κ2) is 7.78. The van der Waals surface area contributed by atoms with E-state index in [0.29, 0.717) is 6.54 Å². The van der Waals surface area contributed by atoms with E-state index in [9.17, 15) is 9.59 Å². The van der Waals surface area contributed by atoms with Gasteiger partial charge in [-0.2, -0.15) is 0 Å². The Bertz CT molecular complexity index is 474. The summed E-state index contributed by atoms with van der Waals surface area (Å²) in [5.74, 6) is -1.43. The molecule has 0 spiro atoms. The van der Waals surface area contributed by atoms with Crippen molar-refractivity contribution in [2.75, 3.05) is 7.05 Å². The van der Waals surface area contributed by atoms with Crippen LogP contribution in [-0.2, 0) is 16.1 Å². The van der Waals surface area contributed by atoms with Crippen LogP contribution in [0, 0.1) is 5.92 Å². The smallest absolute Gasteiger partial charge is 0.326 e. The van der Waals surface area contributed by atoms with Gasteiger partial charge in [-0.3, -0.25) is 9.69 Å². The molecule has 5 heteroatoms. The van der Waals surface area contributed by atoms with Crippen LogP contribution in [0.3, 0.4) is 0 Å². The average Bonchev–Trinajstić information content (AvgIpc) is 2.43. The predicted octanol–water partition coefficient (Wildman–Crippen LogP) is 1.73. The van der Waals surface area contributed by atoms with Crippen LogP contribution >= 0.6 is 0 Å². The summed E-state index contributed by atoms with van der Waals surface area (Å²) in [7, 11) is 1.85. The SMILES string of the molecule is CC(C)[C@@H](NC(=O)C(C)N(C)Cc1ccccc1)C(=O)O. The number of nitrogens with zero attached hydrogens (tertiary/aromatic N) is 1. The molecule has 1 aromatic carbocycles. The Labute approximate surface area is 126 Å². The van der Waals surface area contributed by atoms with Gasteiger partial charge >= 0.3 is 5.97 Å². The third kappa shape index (κ3) is 5.19. The Morgan fingerprint density at radius 3 is 2.24 bits per heavy atom. The standard InChI is InChI=1S/C16H24N2O3/c1-11(2)14(16(20)21)17-15(19)12(3)18(4)10-13-8-6-5-7-9-13/h5-9,11-12,14H,10H2,1-4H3,(H,17,19)(H,20,21)/t12?,14-/m1/s1. The Kier molecular flexibility index (Phi) is 6.37.